The number of likely N-dealkylation sites (N-methyl/N-ethyl adjacent to an activating group) is 1. The molecule has 0 saturated carbocycles. The van der Waals surface area contributed by atoms with Crippen molar-refractivity contribution < 1.29 is 9.90 Å². The largest absolute Gasteiger partial charge is 0.480 e. The predicted molar refractivity (Wildman–Crippen MR) is 110 cm³/mol. The topological polar surface area (TPSA) is 43.8 Å². The first kappa shape index (κ1) is 26.9. The Hall–Kier alpha value is -0.320. The lowest BCUT2D eigenvalue weighted by Gasteiger charge is -2.33. The molecular formula is C20H43ClN2O2. The summed E-state index contributed by atoms with van der Waals surface area (Å²) in [6, 6.07) is 0. The maximum atomic E-state index is 11.1. The molecule has 0 amide bonds. The molecule has 0 aliphatic rings. The quantitative estimate of drug-likeness (QED) is 0.243. The zero-order valence-corrected chi connectivity index (χ0v) is 17.8. The zero-order valence-electron chi connectivity index (χ0n) is 17.0. The summed E-state index contributed by atoms with van der Waals surface area (Å²) in [4.78, 5) is 11.1. The Bertz CT molecular complexity index is 275. The van der Waals surface area contributed by atoms with E-state index in [0.717, 1.165) is 19.6 Å². The van der Waals surface area contributed by atoms with Crippen LogP contribution >= 0.6 is 12.4 Å². The van der Waals surface area contributed by atoms with Crippen LogP contribution in [0, 0.1) is 0 Å². The van der Waals surface area contributed by atoms with Crippen molar-refractivity contribution in [2.75, 3.05) is 26.2 Å². The number of hydrogen-bond acceptors (Lipinski definition) is 3. The van der Waals surface area contributed by atoms with Crippen LogP contribution in [0.25, 0.3) is 0 Å². The van der Waals surface area contributed by atoms with Crippen LogP contribution in [0.4, 0.5) is 0 Å². The first-order valence-corrected chi connectivity index (χ1v) is 10.4. The lowest BCUT2D eigenvalue weighted by molar-refractivity contribution is -0.144. The maximum absolute atomic E-state index is 11.1. The van der Waals surface area contributed by atoms with Crippen molar-refractivity contribution >= 4 is 18.4 Å². The van der Waals surface area contributed by atoms with Gasteiger partial charge in [0, 0.05) is 19.6 Å². The number of carbonyl (C=O) groups is 1. The van der Waals surface area contributed by atoms with E-state index in [-0.39, 0.29) is 19.0 Å². The highest BCUT2D eigenvalue weighted by atomic mass is 35.5. The van der Waals surface area contributed by atoms with Crippen LogP contribution in [0.5, 0.6) is 0 Å². The molecule has 25 heavy (non-hydrogen) atoms. The highest BCUT2D eigenvalue weighted by molar-refractivity contribution is 5.85. The maximum Gasteiger partial charge on any atom is 0.319 e. The Kier molecular flexibility index (Phi) is 21.5. The molecule has 0 fully saturated rings. The fourth-order valence-corrected chi connectivity index (χ4v) is 3.11. The van der Waals surface area contributed by atoms with E-state index in [1.54, 1.807) is 0 Å². The van der Waals surface area contributed by atoms with Gasteiger partial charge < -0.3 is 5.11 Å². The van der Waals surface area contributed by atoms with E-state index in [4.69, 9.17) is 5.11 Å². The summed E-state index contributed by atoms with van der Waals surface area (Å²) < 4.78 is 0. The van der Waals surface area contributed by atoms with Gasteiger partial charge in [-0.1, -0.05) is 85.0 Å². The summed E-state index contributed by atoms with van der Waals surface area (Å²) in [5.41, 5.74) is 0. The minimum absolute atomic E-state index is 0. The van der Waals surface area contributed by atoms with Crippen molar-refractivity contribution in [1.82, 2.24) is 10.0 Å². The third-order valence-corrected chi connectivity index (χ3v) is 4.62. The van der Waals surface area contributed by atoms with E-state index in [1.807, 2.05) is 5.01 Å². The van der Waals surface area contributed by atoms with Gasteiger partial charge in [0.1, 0.15) is 6.54 Å². The van der Waals surface area contributed by atoms with Gasteiger partial charge in [0.05, 0.1) is 0 Å². The fraction of sp³-hybridized carbons (Fsp3) is 0.950. The van der Waals surface area contributed by atoms with Crippen LogP contribution in [0.1, 0.15) is 97.8 Å². The van der Waals surface area contributed by atoms with Gasteiger partial charge in [-0.3, -0.25) is 4.79 Å². The van der Waals surface area contributed by atoms with Crippen LogP contribution in [-0.2, 0) is 4.79 Å². The Labute approximate surface area is 162 Å². The van der Waals surface area contributed by atoms with Crippen molar-refractivity contribution in [2.45, 2.75) is 97.8 Å². The normalized spacial score (nSPS) is 11.1. The van der Waals surface area contributed by atoms with Crippen molar-refractivity contribution in [3.05, 3.63) is 0 Å². The average molecular weight is 379 g/mol. The number of hydrogen-bond donors (Lipinski definition) is 1. The molecule has 0 aromatic heterocycles. The zero-order chi connectivity index (χ0) is 18.0. The molecule has 0 bridgehead atoms. The van der Waals surface area contributed by atoms with Gasteiger partial charge >= 0.3 is 5.97 Å². The number of carboxylic acid groups (broad SMARTS) is 1. The lowest BCUT2D eigenvalue weighted by atomic mass is 10.1. The summed E-state index contributed by atoms with van der Waals surface area (Å²) in [7, 11) is 0. The van der Waals surface area contributed by atoms with E-state index in [1.165, 1.54) is 77.0 Å². The van der Waals surface area contributed by atoms with Gasteiger partial charge in [-0.05, 0) is 12.8 Å². The molecule has 0 aromatic rings. The second kappa shape index (κ2) is 20.0. The van der Waals surface area contributed by atoms with Gasteiger partial charge in [0.15, 0.2) is 0 Å². The molecule has 0 saturated heterocycles. The lowest BCUT2D eigenvalue weighted by Crippen LogP contribution is -2.46. The van der Waals surface area contributed by atoms with Crippen LogP contribution in [0.3, 0.4) is 0 Å². The van der Waals surface area contributed by atoms with E-state index in [0.29, 0.717) is 0 Å². The molecule has 1 N–H and O–H groups in total. The number of carboxylic acids is 1. The second-order valence-corrected chi connectivity index (χ2v) is 6.86. The number of unbranched alkanes of at least 4 members (excludes halogenated alkanes) is 10. The smallest absolute Gasteiger partial charge is 0.319 e. The van der Waals surface area contributed by atoms with E-state index >= 15 is 0 Å². The molecule has 0 spiro atoms. The molecule has 152 valence electrons. The summed E-state index contributed by atoms with van der Waals surface area (Å²) in [6.07, 6.45) is 15.4. The van der Waals surface area contributed by atoms with E-state index < -0.39 is 5.97 Å². The molecule has 0 aliphatic heterocycles. The van der Waals surface area contributed by atoms with Gasteiger partial charge in [0.2, 0.25) is 0 Å². The molecule has 0 unspecified atom stereocenters. The Morgan fingerprint density at radius 2 is 1.08 bits per heavy atom. The van der Waals surface area contributed by atoms with Crippen LogP contribution in [-0.4, -0.2) is 47.3 Å². The van der Waals surface area contributed by atoms with Crippen LogP contribution in [0.2, 0.25) is 0 Å². The summed E-state index contributed by atoms with van der Waals surface area (Å²) in [5.74, 6) is -0.729. The minimum Gasteiger partial charge on any atom is -0.480 e. The van der Waals surface area contributed by atoms with Crippen molar-refractivity contribution in [3.8, 4) is 0 Å². The van der Waals surface area contributed by atoms with Gasteiger partial charge in [-0.15, -0.1) is 12.4 Å². The molecular weight excluding hydrogens is 336 g/mol. The Morgan fingerprint density at radius 3 is 1.44 bits per heavy atom. The number of aliphatic carboxylic acids is 1. The number of nitrogens with zero attached hydrogens (tertiary/aromatic N) is 2. The highest BCUT2D eigenvalue weighted by Gasteiger charge is 2.16. The SMILES string of the molecule is CCCCCCCCN(CCCCCCCC)N(CC)CC(=O)O.Cl. The number of hydrazine groups is 1. The van der Waals surface area contributed by atoms with E-state index in [2.05, 4.69) is 25.8 Å². The minimum atomic E-state index is -0.729. The molecule has 0 radical (unpaired) electrons. The van der Waals surface area contributed by atoms with E-state index in [9.17, 15) is 4.79 Å². The Balaban J connectivity index is 0. The second-order valence-electron chi connectivity index (χ2n) is 6.86. The Morgan fingerprint density at radius 1 is 0.680 bits per heavy atom. The first-order valence-electron chi connectivity index (χ1n) is 10.4. The predicted octanol–water partition coefficient (Wildman–Crippen LogP) is 5.75. The molecule has 5 heteroatoms. The fourth-order valence-electron chi connectivity index (χ4n) is 3.11. The van der Waals surface area contributed by atoms with Crippen molar-refractivity contribution in [3.63, 3.8) is 0 Å². The summed E-state index contributed by atoms with van der Waals surface area (Å²) in [5, 5.41) is 13.4. The standard InChI is InChI=1S/C20H42N2O2.ClH/c1-4-7-9-11-13-15-17-22(21(6-3)19-20(23)24)18-16-14-12-10-8-5-2;/h4-19H2,1-3H3,(H,23,24);1H. The number of rotatable bonds is 18. The highest BCUT2D eigenvalue weighted by Crippen LogP contribution is 2.10. The third kappa shape index (κ3) is 16.9. The number of halogens is 1. The third-order valence-electron chi connectivity index (χ3n) is 4.62. The summed E-state index contributed by atoms with van der Waals surface area (Å²) >= 11 is 0. The average Bonchev–Trinajstić information content (AvgIpc) is 2.57. The molecule has 0 aliphatic carbocycles. The summed E-state index contributed by atoms with van der Waals surface area (Å²) in [6.45, 7) is 9.45. The first-order chi connectivity index (χ1) is 11.7. The molecule has 0 aromatic carbocycles. The van der Waals surface area contributed by atoms with Gasteiger partial charge in [-0.25, -0.2) is 10.0 Å². The van der Waals surface area contributed by atoms with Crippen LogP contribution in [0.15, 0.2) is 0 Å². The van der Waals surface area contributed by atoms with Gasteiger partial charge in [-0.2, -0.15) is 0 Å². The molecule has 0 rings (SSSR count). The molecule has 4 nitrogen and oxygen atoms in total. The molecule has 0 atom stereocenters. The molecule has 0 heterocycles. The van der Waals surface area contributed by atoms with Crippen molar-refractivity contribution in [2.24, 2.45) is 0 Å². The monoisotopic (exact) mass is 378 g/mol. The van der Waals surface area contributed by atoms with Crippen molar-refractivity contribution in [1.29, 1.82) is 0 Å². The van der Waals surface area contributed by atoms with Gasteiger partial charge in [0.25, 0.3) is 0 Å². The van der Waals surface area contributed by atoms with Crippen LogP contribution < -0.4 is 0 Å².